The van der Waals surface area contributed by atoms with Crippen LogP contribution in [0.15, 0.2) is 30.9 Å². The number of ether oxygens (including phenoxy) is 2. The molecule has 0 spiro atoms. The van der Waals surface area contributed by atoms with Gasteiger partial charge in [-0.25, -0.2) is 0 Å². The lowest BCUT2D eigenvalue weighted by Crippen LogP contribution is -2.56. The second kappa shape index (κ2) is 9.08. The van der Waals surface area contributed by atoms with Crippen molar-refractivity contribution in [1.82, 2.24) is 15.5 Å². The number of hydrogen-bond donors (Lipinski definition) is 2. The number of benzene rings is 1. The molecule has 0 radical (unpaired) electrons. The number of carbonyl (C=O) groups excluding carboxylic acids is 2. The van der Waals surface area contributed by atoms with Crippen molar-refractivity contribution >= 4 is 11.8 Å². The predicted molar refractivity (Wildman–Crippen MR) is 94.6 cm³/mol. The first-order valence-corrected chi connectivity index (χ1v) is 8.19. The van der Waals surface area contributed by atoms with Gasteiger partial charge in [0.2, 0.25) is 11.8 Å². The molecule has 7 heteroatoms. The number of carbonyl (C=O) groups is 2. The topological polar surface area (TPSA) is 79.9 Å². The molecule has 1 aliphatic rings. The van der Waals surface area contributed by atoms with Gasteiger partial charge in [-0.2, -0.15) is 0 Å². The fourth-order valence-electron chi connectivity index (χ4n) is 2.81. The summed E-state index contributed by atoms with van der Waals surface area (Å²) in [5.41, 5.74) is 0.939. The lowest BCUT2D eigenvalue weighted by molar-refractivity contribution is -0.134. The van der Waals surface area contributed by atoms with E-state index in [9.17, 15) is 9.59 Å². The summed E-state index contributed by atoms with van der Waals surface area (Å²) in [5, 5.41) is 5.54. The SMILES string of the molecule is C=CCNC(=O)C[C@H]1C(=O)NCCN1Cc1ccc(OC)cc1OC. The number of hydrogen-bond acceptors (Lipinski definition) is 5. The smallest absolute Gasteiger partial charge is 0.237 e. The molecule has 1 atom stereocenters. The van der Waals surface area contributed by atoms with E-state index in [4.69, 9.17) is 9.47 Å². The number of nitrogens with one attached hydrogen (secondary N) is 2. The first-order valence-electron chi connectivity index (χ1n) is 8.19. The largest absolute Gasteiger partial charge is 0.497 e. The minimum absolute atomic E-state index is 0.109. The monoisotopic (exact) mass is 347 g/mol. The van der Waals surface area contributed by atoms with Crippen molar-refractivity contribution in [2.45, 2.75) is 19.0 Å². The first kappa shape index (κ1) is 18.8. The van der Waals surface area contributed by atoms with E-state index in [0.717, 1.165) is 5.56 Å². The molecule has 0 bridgehead atoms. The van der Waals surface area contributed by atoms with Gasteiger partial charge in [-0.1, -0.05) is 12.1 Å². The Balaban J connectivity index is 2.13. The third kappa shape index (κ3) is 4.96. The van der Waals surface area contributed by atoms with Crippen LogP contribution < -0.4 is 20.1 Å². The third-order valence-corrected chi connectivity index (χ3v) is 4.13. The molecule has 136 valence electrons. The van der Waals surface area contributed by atoms with Gasteiger partial charge in [-0.15, -0.1) is 6.58 Å². The molecule has 1 aromatic rings. The first-order chi connectivity index (χ1) is 12.1. The Morgan fingerprint density at radius 1 is 1.44 bits per heavy atom. The maximum absolute atomic E-state index is 12.3. The van der Waals surface area contributed by atoms with Crippen LogP contribution in [0.25, 0.3) is 0 Å². The Labute approximate surface area is 148 Å². The molecular formula is C18H25N3O4. The maximum atomic E-state index is 12.3. The molecule has 2 rings (SSSR count). The van der Waals surface area contributed by atoms with Crippen molar-refractivity contribution in [2.24, 2.45) is 0 Å². The molecular weight excluding hydrogens is 322 g/mol. The highest BCUT2D eigenvalue weighted by atomic mass is 16.5. The van der Waals surface area contributed by atoms with Gasteiger partial charge in [0.15, 0.2) is 0 Å². The van der Waals surface area contributed by atoms with E-state index in [-0.39, 0.29) is 18.2 Å². The fraction of sp³-hybridized carbons (Fsp3) is 0.444. The number of nitrogens with zero attached hydrogens (tertiary/aromatic N) is 1. The van der Waals surface area contributed by atoms with Crippen molar-refractivity contribution in [3.8, 4) is 11.5 Å². The van der Waals surface area contributed by atoms with Crippen molar-refractivity contribution < 1.29 is 19.1 Å². The summed E-state index contributed by atoms with van der Waals surface area (Å²) < 4.78 is 10.6. The molecule has 7 nitrogen and oxygen atoms in total. The lowest BCUT2D eigenvalue weighted by atomic mass is 10.1. The normalized spacial score (nSPS) is 17.5. The highest BCUT2D eigenvalue weighted by Crippen LogP contribution is 2.27. The van der Waals surface area contributed by atoms with E-state index < -0.39 is 6.04 Å². The number of methoxy groups -OCH3 is 2. The van der Waals surface area contributed by atoms with Gasteiger partial charge in [-0.3, -0.25) is 14.5 Å². The molecule has 0 unspecified atom stereocenters. The second-order valence-electron chi connectivity index (χ2n) is 5.75. The zero-order valence-electron chi connectivity index (χ0n) is 14.7. The molecule has 1 aliphatic heterocycles. The summed E-state index contributed by atoms with van der Waals surface area (Å²) in [6.07, 6.45) is 1.72. The highest BCUT2D eigenvalue weighted by Gasteiger charge is 2.31. The van der Waals surface area contributed by atoms with Crippen molar-refractivity contribution in [2.75, 3.05) is 33.9 Å². The zero-order valence-corrected chi connectivity index (χ0v) is 14.7. The zero-order chi connectivity index (χ0) is 18.2. The Hall–Kier alpha value is -2.54. The van der Waals surface area contributed by atoms with E-state index in [1.165, 1.54) is 0 Å². The van der Waals surface area contributed by atoms with Crippen LogP contribution in [0.1, 0.15) is 12.0 Å². The van der Waals surface area contributed by atoms with Gasteiger partial charge in [0.05, 0.1) is 26.7 Å². The molecule has 2 N–H and O–H groups in total. The van der Waals surface area contributed by atoms with E-state index in [2.05, 4.69) is 17.2 Å². The Bertz CT molecular complexity index is 633. The average molecular weight is 347 g/mol. The van der Waals surface area contributed by atoms with Gasteiger partial charge in [0, 0.05) is 37.8 Å². The Kier molecular flexibility index (Phi) is 6.82. The quantitative estimate of drug-likeness (QED) is 0.677. The van der Waals surface area contributed by atoms with Crippen LogP contribution in [0.2, 0.25) is 0 Å². The van der Waals surface area contributed by atoms with Crippen LogP contribution in [-0.4, -0.2) is 56.6 Å². The van der Waals surface area contributed by atoms with Crippen molar-refractivity contribution in [3.05, 3.63) is 36.4 Å². The number of piperazine rings is 1. The van der Waals surface area contributed by atoms with Gasteiger partial charge >= 0.3 is 0 Å². The summed E-state index contributed by atoms with van der Waals surface area (Å²) in [6.45, 7) is 5.70. The highest BCUT2D eigenvalue weighted by molar-refractivity contribution is 5.88. The summed E-state index contributed by atoms with van der Waals surface area (Å²) in [6, 6.07) is 5.07. The minimum atomic E-state index is -0.509. The van der Waals surface area contributed by atoms with E-state index in [1.54, 1.807) is 20.3 Å². The molecule has 0 aliphatic carbocycles. The summed E-state index contributed by atoms with van der Waals surface area (Å²) >= 11 is 0. The van der Waals surface area contributed by atoms with E-state index >= 15 is 0 Å². The number of rotatable bonds is 8. The summed E-state index contributed by atoms with van der Waals surface area (Å²) in [7, 11) is 3.20. The average Bonchev–Trinajstić information content (AvgIpc) is 2.63. The van der Waals surface area contributed by atoms with Crippen LogP contribution in [0, 0.1) is 0 Å². The maximum Gasteiger partial charge on any atom is 0.237 e. The molecule has 1 aromatic carbocycles. The standard InChI is InChI=1S/C18H25N3O4/c1-4-7-19-17(22)11-15-18(23)20-8-9-21(15)12-13-5-6-14(24-2)10-16(13)25-3/h4-6,10,15H,1,7-9,11-12H2,2-3H3,(H,19,22)(H,20,23)/t15-/m0/s1. The van der Waals surface area contributed by atoms with Gasteiger partial charge in [0.1, 0.15) is 11.5 Å². The molecule has 2 amide bonds. The van der Waals surface area contributed by atoms with E-state index in [1.807, 2.05) is 23.1 Å². The predicted octanol–water partition coefficient (Wildman–Crippen LogP) is 0.697. The molecule has 25 heavy (non-hydrogen) atoms. The summed E-state index contributed by atoms with van der Waals surface area (Å²) in [4.78, 5) is 26.3. The lowest BCUT2D eigenvalue weighted by Gasteiger charge is -2.35. The van der Waals surface area contributed by atoms with Crippen LogP contribution >= 0.6 is 0 Å². The van der Waals surface area contributed by atoms with E-state index in [0.29, 0.717) is 37.7 Å². The van der Waals surface area contributed by atoms with Crippen LogP contribution in [0.5, 0.6) is 11.5 Å². The Morgan fingerprint density at radius 3 is 2.92 bits per heavy atom. The molecule has 1 heterocycles. The number of amides is 2. The van der Waals surface area contributed by atoms with Gasteiger partial charge in [0.25, 0.3) is 0 Å². The molecule has 0 aromatic heterocycles. The fourth-order valence-corrected chi connectivity index (χ4v) is 2.81. The van der Waals surface area contributed by atoms with Crippen molar-refractivity contribution in [1.29, 1.82) is 0 Å². The third-order valence-electron chi connectivity index (χ3n) is 4.13. The van der Waals surface area contributed by atoms with Gasteiger partial charge < -0.3 is 20.1 Å². The van der Waals surface area contributed by atoms with Crippen LogP contribution in [-0.2, 0) is 16.1 Å². The minimum Gasteiger partial charge on any atom is -0.497 e. The summed E-state index contributed by atoms with van der Waals surface area (Å²) in [5.74, 6) is 1.10. The van der Waals surface area contributed by atoms with Gasteiger partial charge in [-0.05, 0) is 6.07 Å². The van der Waals surface area contributed by atoms with Crippen molar-refractivity contribution in [3.63, 3.8) is 0 Å². The molecule has 1 saturated heterocycles. The second-order valence-corrected chi connectivity index (χ2v) is 5.75. The molecule has 1 fully saturated rings. The van der Waals surface area contributed by atoms with Crippen LogP contribution in [0.4, 0.5) is 0 Å². The van der Waals surface area contributed by atoms with Crippen LogP contribution in [0.3, 0.4) is 0 Å². The molecule has 0 saturated carbocycles. The Morgan fingerprint density at radius 2 is 2.24 bits per heavy atom.